The minimum absolute atomic E-state index is 0.0337. The first-order chi connectivity index (χ1) is 13.0. The second-order valence-corrected chi connectivity index (χ2v) is 6.96. The molecule has 0 bridgehead atoms. The van der Waals surface area contributed by atoms with Gasteiger partial charge in [-0.25, -0.2) is 4.98 Å². The molecule has 0 fully saturated rings. The van der Waals surface area contributed by atoms with Crippen molar-refractivity contribution >= 4 is 28.8 Å². The number of hydrogen-bond acceptors (Lipinski definition) is 5. The Kier molecular flexibility index (Phi) is 5.81. The molecule has 2 aromatic rings. The maximum atomic E-state index is 9.43. The van der Waals surface area contributed by atoms with Crippen LogP contribution >= 0.6 is 0 Å². The topological polar surface area (TPSA) is 83.2 Å². The fraction of sp³-hybridized carbons (Fsp3) is 0.318. The molecular weight excluding hydrogens is 336 g/mol. The zero-order valence-electron chi connectivity index (χ0n) is 16.3. The Bertz CT molecular complexity index is 899. The van der Waals surface area contributed by atoms with Gasteiger partial charge < -0.3 is 21.5 Å². The van der Waals surface area contributed by atoms with Gasteiger partial charge in [-0.2, -0.15) is 0 Å². The van der Waals surface area contributed by atoms with Gasteiger partial charge in [0.15, 0.2) is 0 Å². The van der Waals surface area contributed by atoms with Crippen molar-refractivity contribution in [3.8, 4) is 0 Å². The fourth-order valence-electron chi connectivity index (χ4n) is 3.31. The standard InChI is InChI=1S/C22H28N4O/c1-4-5-6-14(2)25-22-15(3)26-21(23)11-19(22)18-10-17-9-16(13-27)7-8-20(17)24-12-18/h6-11,24-25,27H,4-5,12-13H2,1-3H3,(H2,23,26)/b14-6-. The van der Waals surface area contributed by atoms with Crippen LogP contribution in [0.2, 0.25) is 0 Å². The summed E-state index contributed by atoms with van der Waals surface area (Å²) < 4.78 is 0. The van der Waals surface area contributed by atoms with Gasteiger partial charge in [-0.3, -0.25) is 0 Å². The summed E-state index contributed by atoms with van der Waals surface area (Å²) in [5.41, 5.74) is 14.3. The first-order valence-electron chi connectivity index (χ1n) is 9.41. The summed E-state index contributed by atoms with van der Waals surface area (Å²) in [4.78, 5) is 4.44. The summed E-state index contributed by atoms with van der Waals surface area (Å²) >= 11 is 0. The molecule has 0 atom stereocenters. The zero-order valence-corrected chi connectivity index (χ0v) is 16.3. The Hall–Kier alpha value is -2.79. The number of aliphatic hydroxyl groups excluding tert-OH is 1. The van der Waals surface area contributed by atoms with E-state index in [1.165, 1.54) is 0 Å². The average Bonchev–Trinajstić information content (AvgIpc) is 2.67. The molecule has 1 aliphatic heterocycles. The third kappa shape index (κ3) is 4.31. The van der Waals surface area contributed by atoms with Gasteiger partial charge >= 0.3 is 0 Å². The highest BCUT2D eigenvalue weighted by Gasteiger charge is 2.17. The lowest BCUT2D eigenvalue weighted by molar-refractivity contribution is 0.282. The molecule has 0 radical (unpaired) electrons. The number of aromatic nitrogens is 1. The molecule has 1 aromatic carbocycles. The lowest BCUT2D eigenvalue weighted by Gasteiger charge is -2.23. The lowest BCUT2D eigenvalue weighted by atomic mass is 9.96. The summed E-state index contributed by atoms with van der Waals surface area (Å²) in [7, 11) is 0. The van der Waals surface area contributed by atoms with Gasteiger partial charge in [-0.1, -0.05) is 25.5 Å². The van der Waals surface area contributed by atoms with Crippen molar-refractivity contribution in [2.45, 2.75) is 40.2 Å². The molecule has 5 N–H and O–H groups in total. The third-order valence-corrected chi connectivity index (χ3v) is 4.73. The smallest absolute Gasteiger partial charge is 0.124 e. The van der Waals surface area contributed by atoms with E-state index in [9.17, 15) is 5.11 Å². The first-order valence-corrected chi connectivity index (χ1v) is 9.41. The Morgan fingerprint density at radius 3 is 2.93 bits per heavy atom. The highest BCUT2D eigenvalue weighted by atomic mass is 16.3. The Morgan fingerprint density at radius 1 is 1.37 bits per heavy atom. The predicted octanol–water partition coefficient (Wildman–Crippen LogP) is 4.55. The van der Waals surface area contributed by atoms with Gasteiger partial charge in [0.1, 0.15) is 5.82 Å². The molecule has 2 heterocycles. The number of benzene rings is 1. The van der Waals surface area contributed by atoms with Crippen LogP contribution in [-0.4, -0.2) is 16.6 Å². The number of fused-ring (bicyclic) bond motifs is 1. The number of pyridine rings is 1. The van der Waals surface area contributed by atoms with E-state index in [1.807, 2.05) is 31.2 Å². The van der Waals surface area contributed by atoms with Crippen molar-refractivity contribution in [3.05, 3.63) is 58.4 Å². The fourth-order valence-corrected chi connectivity index (χ4v) is 3.31. The highest BCUT2D eigenvalue weighted by molar-refractivity contribution is 5.95. The van der Waals surface area contributed by atoms with Gasteiger partial charge in [0.05, 0.1) is 18.0 Å². The van der Waals surface area contributed by atoms with Crippen molar-refractivity contribution in [1.82, 2.24) is 4.98 Å². The number of allylic oxidation sites excluding steroid dienone is 2. The summed E-state index contributed by atoms with van der Waals surface area (Å²) in [6.45, 7) is 6.96. The number of hydrogen-bond donors (Lipinski definition) is 4. The maximum Gasteiger partial charge on any atom is 0.124 e. The first kappa shape index (κ1) is 19.0. The molecule has 1 aliphatic rings. The number of anilines is 3. The zero-order chi connectivity index (χ0) is 19.4. The molecule has 27 heavy (non-hydrogen) atoms. The molecule has 0 aliphatic carbocycles. The van der Waals surface area contributed by atoms with E-state index in [4.69, 9.17) is 5.73 Å². The van der Waals surface area contributed by atoms with Gasteiger partial charge in [0, 0.05) is 23.5 Å². The molecule has 142 valence electrons. The normalized spacial score (nSPS) is 13.6. The van der Waals surface area contributed by atoms with Gasteiger partial charge in [-0.15, -0.1) is 0 Å². The maximum absolute atomic E-state index is 9.43. The van der Waals surface area contributed by atoms with Crippen LogP contribution in [0.3, 0.4) is 0 Å². The SMILES string of the molecule is CCC/C=C(/C)Nc1c(C2=Cc3cc(CO)ccc3NC2)cc(N)nc1C. The van der Waals surface area contributed by atoms with Crippen LogP contribution in [0.15, 0.2) is 36.0 Å². The van der Waals surface area contributed by atoms with E-state index in [0.717, 1.165) is 57.9 Å². The van der Waals surface area contributed by atoms with Crippen LogP contribution < -0.4 is 16.4 Å². The lowest BCUT2D eigenvalue weighted by Crippen LogP contribution is -2.13. The van der Waals surface area contributed by atoms with Crippen molar-refractivity contribution in [2.75, 3.05) is 22.9 Å². The second kappa shape index (κ2) is 8.27. The van der Waals surface area contributed by atoms with Crippen molar-refractivity contribution in [2.24, 2.45) is 0 Å². The number of nitrogen functional groups attached to an aromatic ring is 1. The summed E-state index contributed by atoms with van der Waals surface area (Å²) in [5.74, 6) is 0.513. The summed E-state index contributed by atoms with van der Waals surface area (Å²) in [6, 6.07) is 7.89. The molecule has 0 spiro atoms. The minimum Gasteiger partial charge on any atom is -0.392 e. The van der Waals surface area contributed by atoms with E-state index in [1.54, 1.807) is 0 Å². The van der Waals surface area contributed by atoms with E-state index >= 15 is 0 Å². The summed E-state index contributed by atoms with van der Waals surface area (Å²) in [6.07, 6.45) is 6.52. The second-order valence-electron chi connectivity index (χ2n) is 6.96. The molecule has 0 unspecified atom stereocenters. The van der Waals surface area contributed by atoms with Crippen LogP contribution in [0.4, 0.5) is 17.2 Å². The molecule has 5 heteroatoms. The van der Waals surface area contributed by atoms with Crippen LogP contribution in [0.5, 0.6) is 0 Å². The molecule has 0 amide bonds. The minimum atomic E-state index is 0.0337. The highest BCUT2D eigenvalue weighted by Crippen LogP contribution is 2.35. The molecular formula is C22H28N4O. The number of rotatable bonds is 6. The molecule has 3 rings (SSSR count). The van der Waals surface area contributed by atoms with Crippen molar-refractivity contribution < 1.29 is 5.11 Å². The van der Waals surface area contributed by atoms with Crippen LogP contribution in [0.25, 0.3) is 11.6 Å². The quantitative estimate of drug-likeness (QED) is 0.604. The Balaban J connectivity index is 2.04. The van der Waals surface area contributed by atoms with Gasteiger partial charge in [0.25, 0.3) is 0 Å². The number of nitrogens with zero attached hydrogens (tertiary/aromatic N) is 1. The largest absolute Gasteiger partial charge is 0.392 e. The van der Waals surface area contributed by atoms with E-state index < -0.39 is 0 Å². The number of aryl methyl sites for hydroxylation is 1. The summed E-state index contributed by atoms with van der Waals surface area (Å²) in [5, 5.41) is 16.4. The van der Waals surface area contributed by atoms with Crippen LogP contribution in [0.1, 0.15) is 49.1 Å². The molecule has 0 saturated carbocycles. The van der Waals surface area contributed by atoms with E-state index in [0.29, 0.717) is 12.4 Å². The average molecular weight is 364 g/mol. The van der Waals surface area contributed by atoms with Crippen LogP contribution in [0, 0.1) is 6.92 Å². The van der Waals surface area contributed by atoms with E-state index in [-0.39, 0.29) is 6.61 Å². The molecule has 5 nitrogen and oxygen atoms in total. The van der Waals surface area contributed by atoms with E-state index in [2.05, 4.69) is 41.6 Å². The molecule has 0 saturated heterocycles. The Morgan fingerprint density at radius 2 is 2.19 bits per heavy atom. The monoisotopic (exact) mass is 364 g/mol. The number of nitrogens with one attached hydrogen (secondary N) is 2. The third-order valence-electron chi connectivity index (χ3n) is 4.73. The number of nitrogens with two attached hydrogens (primary N) is 1. The van der Waals surface area contributed by atoms with Crippen molar-refractivity contribution in [3.63, 3.8) is 0 Å². The number of aliphatic hydroxyl groups is 1. The van der Waals surface area contributed by atoms with Crippen LogP contribution in [-0.2, 0) is 6.61 Å². The van der Waals surface area contributed by atoms with Gasteiger partial charge in [-0.05, 0) is 61.2 Å². The van der Waals surface area contributed by atoms with Crippen molar-refractivity contribution in [1.29, 1.82) is 0 Å². The molecule has 1 aromatic heterocycles. The number of unbranched alkanes of at least 4 members (excludes halogenated alkanes) is 1. The van der Waals surface area contributed by atoms with Gasteiger partial charge in [0.2, 0.25) is 0 Å². The predicted molar refractivity (Wildman–Crippen MR) is 114 cm³/mol. The Labute approximate surface area is 161 Å².